The number of ether oxygens (including phenoxy) is 2. The lowest BCUT2D eigenvalue weighted by Gasteiger charge is -2.09. The van der Waals surface area contributed by atoms with Crippen LogP contribution in [0.2, 0.25) is 0 Å². The SMILES string of the molecule is CC.CN=C(C)c1cc(F)c(=O)n(Cc2ccc3c(c2)OCO3)c1. The van der Waals surface area contributed by atoms with E-state index >= 15 is 0 Å². The first kappa shape index (κ1) is 17.7. The van der Waals surface area contributed by atoms with Crippen molar-refractivity contribution in [2.75, 3.05) is 13.8 Å². The van der Waals surface area contributed by atoms with Crippen LogP contribution in [0.4, 0.5) is 4.39 Å². The fraction of sp³-hybridized carbons (Fsp3) is 0.333. The topological polar surface area (TPSA) is 52.8 Å². The van der Waals surface area contributed by atoms with Crippen LogP contribution in [0.15, 0.2) is 40.2 Å². The second-order valence-electron chi connectivity index (χ2n) is 5.01. The molecule has 0 saturated heterocycles. The summed E-state index contributed by atoms with van der Waals surface area (Å²) < 4.78 is 25.7. The van der Waals surface area contributed by atoms with Gasteiger partial charge in [0.2, 0.25) is 6.79 Å². The van der Waals surface area contributed by atoms with Crippen LogP contribution in [0, 0.1) is 5.82 Å². The molecule has 0 atom stereocenters. The molecule has 0 radical (unpaired) electrons. The van der Waals surface area contributed by atoms with E-state index in [9.17, 15) is 9.18 Å². The van der Waals surface area contributed by atoms with E-state index in [4.69, 9.17) is 9.47 Å². The number of hydrogen-bond acceptors (Lipinski definition) is 4. The van der Waals surface area contributed by atoms with Crippen molar-refractivity contribution in [3.05, 3.63) is 57.8 Å². The molecule has 128 valence electrons. The van der Waals surface area contributed by atoms with Gasteiger partial charge in [0.1, 0.15) is 0 Å². The molecule has 0 spiro atoms. The second-order valence-corrected chi connectivity index (χ2v) is 5.01. The summed E-state index contributed by atoms with van der Waals surface area (Å²) in [5.74, 6) is 0.514. The van der Waals surface area contributed by atoms with Crippen LogP contribution >= 0.6 is 0 Å². The molecule has 0 bridgehead atoms. The number of benzene rings is 1. The van der Waals surface area contributed by atoms with Crippen molar-refractivity contribution >= 4 is 5.71 Å². The van der Waals surface area contributed by atoms with E-state index in [1.165, 1.54) is 10.6 Å². The van der Waals surface area contributed by atoms with E-state index in [0.717, 1.165) is 5.56 Å². The summed E-state index contributed by atoms with van der Waals surface area (Å²) in [7, 11) is 1.63. The maximum atomic E-state index is 13.8. The van der Waals surface area contributed by atoms with Gasteiger partial charge in [-0.15, -0.1) is 0 Å². The van der Waals surface area contributed by atoms with Crippen molar-refractivity contribution < 1.29 is 13.9 Å². The predicted molar refractivity (Wildman–Crippen MR) is 91.8 cm³/mol. The van der Waals surface area contributed by atoms with Crippen molar-refractivity contribution in [3.63, 3.8) is 0 Å². The molecule has 0 fully saturated rings. The maximum absolute atomic E-state index is 13.8. The van der Waals surface area contributed by atoms with Crippen LogP contribution in [0.5, 0.6) is 11.5 Å². The number of aliphatic imine (C=N–C) groups is 1. The molecular weight excluding hydrogens is 311 g/mol. The highest BCUT2D eigenvalue weighted by atomic mass is 19.1. The molecule has 1 aromatic heterocycles. The highest BCUT2D eigenvalue weighted by molar-refractivity contribution is 5.98. The minimum atomic E-state index is -0.791. The van der Waals surface area contributed by atoms with Gasteiger partial charge >= 0.3 is 0 Å². The third kappa shape index (κ3) is 3.64. The van der Waals surface area contributed by atoms with Gasteiger partial charge in [-0.2, -0.15) is 0 Å². The van der Waals surface area contributed by atoms with Crippen molar-refractivity contribution in [1.29, 1.82) is 0 Å². The van der Waals surface area contributed by atoms with Gasteiger partial charge in [0.15, 0.2) is 17.3 Å². The van der Waals surface area contributed by atoms with Gasteiger partial charge in [-0.3, -0.25) is 9.79 Å². The van der Waals surface area contributed by atoms with Crippen LogP contribution < -0.4 is 15.0 Å². The highest BCUT2D eigenvalue weighted by Gasteiger charge is 2.14. The first-order valence-electron chi connectivity index (χ1n) is 7.81. The number of nitrogens with zero attached hydrogens (tertiary/aromatic N) is 2. The molecule has 2 aromatic rings. The summed E-state index contributed by atoms with van der Waals surface area (Å²) in [6.45, 7) is 6.20. The predicted octanol–water partition coefficient (Wildman–Crippen LogP) is 3.23. The smallest absolute Gasteiger partial charge is 0.286 e. The number of rotatable bonds is 3. The van der Waals surface area contributed by atoms with Gasteiger partial charge in [-0.1, -0.05) is 19.9 Å². The lowest BCUT2D eigenvalue weighted by molar-refractivity contribution is 0.174. The Labute approximate surface area is 140 Å². The summed E-state index contributed by atoms with van der Waals surface area (Å²) in [5, 5.41) is 0. The second kappa shape index (κ2) is 7.77. The fourth-order valence-electron chi connectivity index (χ4n) is 2.28. The minimum Gasteiger partial charge on any atom is -0.454 e. The zero-order chi connectivity index (χ0) is 17.7. The van der Waals surface area contributed by atoms with Gasteiger partial charge in [-0.25, -0.2) is 4.39 Å². The summed E-state index contributed by atoms with van der Waals surface area (Å²) in [6, 6.07) is 6.61. The van der Waals surface area contributed by atoms with Crippen LogP contribution in [0.1, 0.15) is 31.9 Å². The van der Waals surface area contributed by atoms with Gasteiger partial charge in [-0.05, 0) is 30.7 Å². The van der Waals surface area contributed by atoms with Crippen molar-refractivity contribution in [2.24, 2.45) is 4.99 Å². The Kier molecular flexibility index (Phi) is 5.73. The van der Waals surface area contributed by atoms with Crippen LogP contribution in [-0.2, 0) is 6.54 Å². The standard InChI is InChI=1S/C16H15FN2O3.C2H6/c1-10(18-2)12-6-13(17)16(20)19(8-12)7-11-3-4-14-15(5-11)22-9-21-14;1-2/h3-6,8H,7,9H2,1-2H3;1-2H3. The highest BCUT2D eigenvalue weighted by Crippen LogP contribution is 2.32. The van der Waals surface area contributed by atoms with Gasteiger partial charge in [0, 0.05) is 24.5 Å². The lowest BCUT2D eigenvalue weighted by Crippen LogP contribution is -2.24. The Morgan fingerprint density at radius 3 is 2.67 bits per heavy atom. The van der Waals surface area contributed by atoms with E-state index < -0.39 is 11.4 Å². The van der Waals surface area contributed by atoms with E-state index in [0.29, 0.717) is 22.8 Å². The average Bonchev–Trinajstić information content (AvgIpc) is 3.07. The third-order valence-electron chi connectivity index (χ3n) is 3.59. The quantitative estimate of drug-likeness (QED) is 0.811. The van der Waals surface area contributed by atoms with E-state index in [-0.39, 0.29) is 13.3 Å². The normalized spacial score (nSPS) is 12.6. The molecule has 1 aromatic carbocycles. The molecule has 1 aliphatic rings. The molecule has 6 heteroatoms. The number of hydrogen-bond donors (Lipinski definition) is 0. The molecule has 0 amide bonds. The Bertz CT molecular complexity index is 812. The fourth-order valence-corrected chi connectivity index (χ4v) is 2.28. The van der Waals surface area contributed by atoms with Crippen molar-refractivity contribution in [3.8, 4) is 11.5 Å². The Morgan fingerprint density at radius 2 is 1.96 bits per heavy atom. The zero-order valence-corrected chi connectivity index (χ0v) is 14.3. The summed E-state index contributed by atoms with van der Waals surface area (Å²) >= 11 is 0. The number of halogens is 1. The number of pyridine rings is 1. The van der Waals surface area contributed by atoms with Crippen LogP contribution in [-0.4, -0.2) is 24.1 Å². The lowest BCUT2D eigenvalue weighted by atomic mass is 10.1. The Balaban J connectivity index is 0.00000100. The van der Waals surface area contributed by atoms with Gasteiger partial charge < -0.3 is 14.0 Å². The van der Waals surface area contributed by atoms with E-state index in [2.05, 4.69) is 4.99 Å². The Morgan fingerprint density at radius 1 is 1.25 bits per heavy atom. The summed E-state index contributed by atoms with van der Waals surface area (Å²) in [6.07, 6.45) is 1.61. The summed E-state index contributed by atoms with van der Waals surface area (Å²) in [5.41, 5.74) is 1.41. The average molecular weight is 332 g/mol. The Hall–Kier alpha value is -2.63. The molecule has 24 heavy (non-hydrogen) atoms. The molecule has 3 rings (SSSR count). The molecule has 0 N–H and O–H groups in total. The molecule has 0 aliphatic carbocycles. The third-order valence-corrected chi connectivity index (χ3v) is 3.59. The molecular formula is C18H21FN2O3. The zero-order valence-electron chi connectivity index (χ0n) is 14.3. The van der Waals surface area contributed by atoms with Crippen molar-refractivity contribution in [1.82, 2.24) is 4.57 Å². The van der Waals surface area contributed by atoms with Gasteiger partial charge in [0.25, 0.3) is 5.56 Å². The van der Waals surface area contributed by atoms with Crippen LogP contribution in [0.25, 0.3) is 0 Å². The van der Waals surface area contributed by atoms with Gasteiger partial charge in [0.05, 0.1) is 6.54 Å². The summed E-state index contributed by atoms with van der Waals surface area (Å²) in [4.78, 5) is 16.0. The van der Waals surface area contributed by atoms with E-state index in [1.54, 1.807) is 32.3 Å². The minimum absolute atomic E-state index is 0.189. The first-order valence-corrected chi connectivity index (χ1v) is 7.81. The largest absolute Gasteiger partial charge is 0.454 e. The molecule has 2 heterocycles. The molecule has 0 saturated carbocycles. The maximum Gasteiger partial charge on any atom is 0.286 e. The first-order chi connectivity index (χ1) is 11.6. The number of fused-ring (bicyclic) bond motifs is 1. The van der Waals surface area contributed by atoms with Crippen molar-refractivity contribution in [2.45, 2.75) is 27.3 Å². The molecule has 5 nitrogen and oxygen atoms in total. The van der Waals surface area contributed by atoms with Crippen LogP contribution in [0.3, 0.4) is 0 Å². The molecule has 1 aliphatic heterocycles. The molecule has 0 unspecified atom stereocenters. The van der Waals surface area contributed by atoms with E-state index in [1.807, 2.05) is 19.9 Å². The monoisotopic (exact) mass is 332 g/mol. The number of aromatic nitrogens is 1.